The third-order valence-electron chi connectivity index (χ3n) is 4.13. The molecule has 1 aliphatic carbocycles. The van der Waals surface area contributed by atoms with Gasteiger partial charge in [-0.05, 0) is 63.7 Å². The average Bonchev–Trinajstić information content (AvgIpc) is 2.31. The molecule has 0 saturated heterocycles. The van der Waals surface area contributed by atoms with E-state index in [1.807, 2.05) is 6.92 Å². The minimum Gasteiger partial charge on any atom is -0.459 e. The second-order valence-electron chi connectivity index (χ2n) is 6.86. The van der Waals surface area contributed by atoms with E-state index in [1.165, 1.54) is 0 Å². The molecule has 0 amide bonds. The monoisotopic (exact) mass is 282 g/mol. The second-order valence-corrected chi connectivity index (χ2v) is 6.86. The molecule has 1 aliphatic rings. The van der Waals surface area contributed by atoms with Gasteiger partial charge in [0.05, 0.1) is 6.10 Å². The van der Waals surface area contributed by atoms with Gasteiger partial charge in [0.2, 0.25) is 0 Å². The Morgan fingerprint density at radius 1 is 1.25 bits per heavy atom. The Morgan fingerprint density at radius 2 is 1.90 bits per heavy atom. The molecule has 116 valence electrons. The Balaban J connectivity index is 2.61. The van der Waals surface area contributed by atoms with Crippen molar-refractivity contribution in [2.24, 2.45) is 17.8 Å². The van der Waals surface area contributed by atoms with Crippen molar-refractivity contribution in [3.63, 3.8) is 0 Å². The van der Waals surface area contributed by atoms with Crippen LogP contribution >= 0.6 is 0 Å². The molecule has 3 nitrogen and oxygen atoms in total. The third kappa shape index (κ3) is 5.66. The highest BCUT2D eigenvalue weighted by atomic mass is 16.5. The van der Waals surface area contributed by atoms with E-state index in [0.717, 1.165) is 32.1 Å². The molecule has 4 unspecified atom stereocenters. The van der Waals surface area contributed by atoms with Crippen molar-refractivity contribution < 1.29 is 14.6 Å². The van der Waals surface area contributed by atoms with Crippen LogP contribution in [0.4, 0.5) is 0 Å². The van der Waals surface area contributed by atoms with Gasteiger partial charge in [-0.25, -0.2) is 4.79 Å². The van der Waals surface area contributed by atoms with Crippen molar-refractivity contribution in [1.82, 2.24) is 0 Å². The van der Waals surface area contributed by atoms with Crippen LogP contribution in [0.25, 0.3) is 0 Å². The summed E-state index contributed by atoms with van der Waals surface area (Å²) in [6.45, 7) is 11.6. The van der Waals surface area contributed by atoms with E-state index in [-0.39, 0.29) is 18.2 Å². The number of aliphatic hydroxyl groups is 1. The lowest BCUT2D eigenvalue weighted by Crippen LogP contribution is -2.33. The maximum atomic E-state index is 11.6. The number of carbonyl (C=O) groups excluding carboxylic acids is 1. The highest BCUT2D eigenvalue weighted by Gasteiger charge is 2.33. The Labute approximate surface area is 123 Å². The molecule has 0 aliphatic heterocycles. The minimum atomic E-state index is -0.271. The molecule has 1 saturated carbocycles. The zero-order valence-corrected chi connectivity index (χ0v) is 13.4. The first-order valence-corrected chi connectivity index (χ1v) is 7.84. The lowest BCUT2D eigenvalue weighted by molar-refractivity contribution is -0.147. The molecule has 0 aromatic carbocycles. The molecule has 4 atom stereocenters. The fourth-order valence-corrected chi connectivity index (χ4v) is 3.29. The number of rotatable bonds is 6. The lowest BCUT2D eigenvalue weighted by Gasteiger charge is -2.37. The summed E-state index contributed by atoms with van der Waals surface area (Å²) in [7, 11) is 0. The second kappa shape index (κ2) is 7.82. The highest BCUT2D eigenvalue weighted by Crippen LogP contribution is 2.38. The number of carbonyl (C=O) groups is 1. The van der Waals surface area contributed by atoms with Crippen LogP contribution in [0, 0.1) is 17.8 Å². The van der Waals surface area contributed by atoms with Crippen molar-refractivity contribution in [3.05, 3.63) is 12.2 Å². The first-order chi connectivity index (χ1) is 9.29. The Hall–Kier alpha value is -0.830. The predicted octanol–water partition coefficient (Wildman–Crippen LogP) is 3.71. The van der Waals surface area contributed by atoms with E-state index in [2.05, 4.69) is 20.4 Å². The molecule has 1 fully saturated rings. The van der Waals surface area contributed by atoms with Gasteiger partial charge in [-0.1, -0.05) is 20.4 Å². The van der Waals surface area contributed by atoms with Gasteiger partial charge in [0, 0.05) is 5.57 Å². The molecule has 0 aromatic heterocycles. The lowest BCUT2D eigenvalue weighted by atomic mass is 9.72. The normalized spacial score (nSPS) is 28.2. The van der Waals surface area contributed by atoms with Gasteiger partial charge in [0.25, 0.3) is 0 Å². The fourth-order valence-electron chi connectivity index (χ4n) is 3.29. The van der Waals surface area contributed by atoms with E-state index >= 15 is 0 Å². The summed E-state index contributed by atoms with van der Waals surface area (Å²) in [5, 5.41) is 9.64. The molecular weight excluding hydrogens is 252 g/mol. The quantitative estimate of drug-likeness (QED) is 0.597. The van der Waals surface area contributed by atoms with Crippen LogP contribution in [-0.4, -0.2) is 23.3 Å². The van der Waals surface area contributed by atoms with Gasteiger partial charge >= 0.3 is 5.97 Å². The van der Waals surface area contributed by atoms with Gasteiger partial charge in [0.1, 0.15) is 6.10 Å². The number of hydrogen-bond donors (Lipinski definition) is 1. The van der Waals surface area contributed by atoms with Crippen LogP contribution in [0.5, 0.6) is 0 Å². The predicted molar refractivity (Wildman–Crippen MR) is 81.3 cm³/mol. The molecule has 0 heterocycles. The number of esters is 1. The van der Waals surface area contributed by atoms with Crippen LogP contribution in [-0.2, 0) is 9.53 Å². The van der Waals surface area contributed by atoms with Crippen molar-refractivity contribution >= 4 is 5.97 Å². The number of ether oxygens (including phenoxy) is 1. The van der Waals surface area contributed by atoms with E-state index in [1.54, 1.807) is 6.92 Å². The molecule has 3 heteroatoms. The van der Waals surface area contributed by atoms with Gasteiger partial charge < -0.3 is 9.84 Å². The maximum Gasteiger partial charge on any atom is 0.333 e. The van der Waals surface area contributed by atoms with Crippen LogP contribution in [0.15, 0.2) is 12.2 Å². The van der Waals surface area contributed by atoms with Gasteiger partial charge in [0.15, 0.2) is 0 Å². The van der Waals surface area contributed by atoms with Crippen molar-refractivity contribution in [3.8, 4) is 0 Å². The summed E-state index contributed by atoms with van der Waals surface area (Å²) in [5.41, 5.74) is 0.469. The van der Waals surface area contributed by atoms with E-state index < -0.39 is 0 Å². The van der Waals surface area contributed by atoms with Crippen LogP contribution in [0.2, 0.25) is 0 Å². The van der Waals surface area contributed by atoms with E-state index in [9.17, 15) is 9.90 Å². The first-order valence-electron chi connectivity index (χ1n) is 7.84. The zero-order valence-electron chi connectivity index (χ0n) is 13.4. The minimum absolute atomic E-state index is 0.0215. The SMILES string of the molecule is C=C(C)C(=O)OC1CCC(CC(C)O)C(CC(C)C)C1. The summed E-state index contributed by atoms with van der Waals surface area (Å²) < 4.78 is 5.52. The summed E-state index contributed by atoms with van der Waals surface area (Å²) in [6, 6.07) is 0. The summed E-state index contributed by atoms with van der Waals surface area (Å²) in [4.78, 5) is 11.6. The summed E-state index contributed by atoms with van der Waals surface area (Å²) >= 11 is 0. The molecule has 0 spiro atoms. The Bertz CT molecular complexity index is 333. The smallest absolute Gasteiger partial charge is 0.333 e. The molecule has 0 aromatic rings. The van der Waals surface area contributed by atoms with Crippen molar-refractivity contribution in [1.29, 1.82) is 0 Å². The zero-order chi connectivity index (χ0) is 15.3. The standard InChI is InChI=1S/C17H30O3/c1-11(2)8-15-10-16(20-17(19)12(3)4)7-6-14(15)9-13(5)18/h11,13-16,18H,3,6-10H2,1-2,4-5H3. The number of aliphatic hydroxyl groups excluding tert-OH is 1. The topological polar surface area (TPSA) is 46.5 Å². The first kappa shape index (κ1) is 17.2. The van der Waals surface area contributed by atoms with Gasteiger partial charge in [-0.2, -0.15) is 0 Å². The van der Waals surface area contributed by atoms with E-state index in [0.29, 0.717) is 23.3 Å². The Morgan fingerprint density at radius 3 is 2.40 bits per heavy atom. The fraction of sp³-hybridized carbons (Fsp3) is 0.824. The molecule has 1 rings (SSSR count). The van der Waals surface area contributed by atoms with Gasteiger partial charge in [-0.15, -0.1) is 0 Å². The maximum absolute atomic E-state index is 11.6. The molecule has 0 bridgehead atoms. The van der Waals surface area contributed by atoms with E-state index in [4.69, 9.17) is 4.74 Å². The summed E-state index contributed by atoms with van der Waals surface area (Å²) in [5.74, 6) is 1.46. The van der Waals surface area contributed by atoms with Gasteiger partial charge in [-0.3, -0.25) is 0 Å². The van der Waals surface area contributed by atoms with Crippen LogP contribution in [0.3, 0.4) is 0 Å². The molecule has 0 radical (unpaired) electrons. The largest absolute Gasteiger partial charge is 0.459 e. The molecular formula is C17H30O3. The average molecular weight is 282 g/mol. The van der Waals surface area contributed by atoms with Crippen LogP contribution in [0.1, 0.15) is 59.8 Å². The molecule has 20 heavy (non-hydrogen) atoms. The van der Waals surface area contributed by atoms with Crippen molar-refractivity contribution in [2.45, 2.75) is 72.0 Å². The van der Waals surface area contributed by atoms with Crippen molar-refractivity contribution in [2.75, 3.05) is 0 Å². The summed E-state index contributed by atoms with van der Waals surface area (Å²) in [6.07, 6.45) is 4.64. The third-order valence-corrected chi connectivity index (χ3v) is 4.13. The van der Waals surface area contributed by atoms with Crippen LogP contribution < -0.4 is 0 Å². The Kier molecular flexibility index (Phi) is 6.74. The highest BCUT2D eigenvalue weighted by molar-refractivity contribution is 5.87. The number of hydrogen-bond acceptors (Lipinski definition) is 3. The molecule has 1 N–H and O–H groups in total.